The van der Waals surface area contributed by atoms with E-state index in [2.05, 4.69) is 5.32 Å². The summed E-state index contributed by atoms with van der Waals surface area (Å²) in [6, 6.07) is 0.635. The average Bonchev–Trinajstić information content (AvgIpc) is 2.26. The maximum absolute atomic E-state index is 11.6. The number of sulfone groups is 1. The minimum atomic E-state index is -2.84. The molecule has 0 aromatic heterocycles. The van der Waals surface area contributed by atoms with Crippen LogP contribution in [0.1, 0.15) is 52.4 Å². The van der Waals surface area contributed by atoms with Crippen molar-refractivity contribution in [1.29, 1.82) is 0 Å². The Bertz CT molecular complexity index is 279. The fourth-order valence-electron chi connectivity index (χ4n) is 2.12. The second-order valence-corrected chi connectivity index (χ2v) is 7.74. The van der Waals surface area contributed by atoms with Crippen molar-refractivity contribution in [1.82, 2.24) is 5.32 Å². The first-order valence-corrected chi connectivity index (χ1v) is 8.19. The van der Waals surface area contributed by atoms with Crippen molar-refractivity contribution >= 4 is 9.84 Å². The van der Waals surface area contributed by atoms with Crippen molar-refractivity contribution in [2.75, 3.05) is 12.3 Å². The van der Waals surface area contributed by atoms with Crippen LogP contribution in [0.3, 0.4) is 0 Å². The molecule has 0 bridgehead atoms. The molecule has 0 radical (unpaired) electrons. The molecular weight excluding hydrogens is 222 g/mol. The van der Waals surface area contributed by atoms with E-state index in [9.17, 15) is 8.42 Å². The number of rotatable bonds is 6. The monoisotopic (exact) mass is 247 g/mol. The summed E-state index contributed by atoms with van der Waals surface area (Å²) in [4.78, 5) is 0. The molecule has 16 heavy (non-hydrogen) atoms. The van der Waals surface area contributed by atoms with Crippen molar-refractivity contribution in [2.45, 2.75) is 63.7 Å². The molecule has 1 N–H and O–H groups in total. The van der Waals surface area contributed by atoms with Gasteiger partial charge in [0.1, 0.15) is 0 Å². The van der Waals surface area contributed by atoms with Crippen LogP contribution in [0.4, 0.5) is 0 Å². The molecule has 0 heterocycles. The maximum atomic E-state index is 11.6. The molecule has 0 aromatic carbocycles. The van der Waals surface area contributed by atoms with Crippen molar-refractivity contribution in [2.24, 2.45) is 0 Å². The van der Waals surface area contributed by atoms with Crippen LogP contribution in [0.5, 0.6) is 0 Å². The highest BCUT2D eigenvalue weighted by atomic mass is 32.2. The van der Waals surface area contributed by atoms with Gasteiger partial charge in [-0.25, -0.2) is 8.42 Å². The van der Waals surface area contributed by atoms with Gasteiger partial charge >= 0.3 is 0 Å². The molecular formula is C12H25NO2S. The Labute approximate surface area is 99.9 Å². The van der Waals surface area contributed by atoms with Gasteiger partial charge in [0, 0.05) is 6.04 Å². The van der Waals surface area contributed by atoms with Gasteiger partial charge in [-0.3, -0.25) is 0 Å². The quantitative estimate of drug-likeness (QED) is 0.731. The summed E-state index contributed by atoms with van der Waals surface area (Å²) in [6.07, 6.45) is 7.27. The van der Waals surface area contributed by atoms with Gasteiger partial charge in [-0.1, -0.05) is 19.3 Å². The van der Waals surface area contributed by atoms with Crippen LogP contribution in [0.15, 0.2) is 0 Å². The zero-order chi connectivity index (χ0) is 12.0. The lowest BCUT2D eigenvalue weighted by Gasteiger charge is -2.22. The highest BCUT2D eigenvalue weighted by Crippen LogP contribution is 2.17. The van der Waals surface area contributed by atoms with Gasteiger partial charge in [-0.15, -0.1) is 0 Å². The number of hydrogen-bond donors (Lipinski definition) is 1. The summed E-state index contributed by atoms with van der Waals surface area (Å²) >= 11 is 0. The van der Waals surface area contributed by atoms with Crippen molar-refractivity contribution in [3.63, 3.8) is 0 Å². The van der Waals surface area contributed by atoms with Crippen LogP contribution in [-0.4, -0.2) is 32.0 Å². The third-order valence-electron chi connectivity index (χ3n) is 3.36. The van der Waals surface area contributed by atoms with Gasteiger partial charge in [0.05, 0.1) is 11.0 Å². The molecule has 3 nitrogen and oxygen atoms in total. The van der Waals surface area contributed by atoms with Crippen LogP contribution in [-0.2, 0) is 9.84 Å². The van der Waals surface area contributed by atoms with Crippen molar-refractivity contribution in [3.05, 3.63) is 0 Å². The molecule has 0 aromatic rings. The zero-order valence-corrected chi connectivity index (χ0v) is 11.4. The van der Waals surface area contributed by atoms with Crippen LogP contribution in [0, 0.1) is 0 Å². The van der Waals surface area contributed by atoms with E-state index in [1.54, 1.807) is 13.8 Å². The van der Waals surface area contributed by atoms with E-state index in [-0.39, 0.29) is 5.25 Å². The zero-order valence-electron chi connectivity index (χ0n) is 10.5. The molecule has 4 heteroatoms. The van der Waals surface area contributed by atoms with Crippen LogP contribution in [0.2, 0.25) is 0 Å². The lowest BCUT2D eigenvalue weighted by molar-refractivity contribution is 0.374. The molecule has 1 aliphatic carbocycles. The normalized spacial score (nSPS) is 19.2. The summed E-state index contributed by atoms with van der Waals surface area (Å²) in [7, 11) is -2.84. The van der Waals surface area contributed by atoms with Crippen LogP contribution < -0.4 is 5.32 Å². The minimum Gasteiger partial charge on any atom is -0.314 e. The smallest absolute Gasteiger partial charge is 0.152 e. The fourth-order valence-corrected chi connectivity index (χ4v) is 3.14. The van der Waals surface area contributed by atoms with E-state index in [4.69, 9.17) is 0 Å². The van der Waals surface area contributed by atoms with Gasteiger partial charge in [-0.05, 0) is 39.7 Å². The first-order chi connectivity index (χ1) is 7.52. The molecule has 0 spiro atoms. The second-order valence-electron chi connectivity index (χ2n) is 5.06. The Morgan fingerprint density at radius 1 is 1.19 bits per heavy atom. The third-order valence-corrected chi connectivity index (χ3v) is 5.66. The highest BCUT2D eigenvalue weighted by Gasteiger charge is 2.16. The number of nitrogens with one attached hydrogen (secondary N) is 1. The van der Waals surface area contributed by atoms with E-state index in [1.807, 2.05) is 0 Å². The first kappa shape index (κ1) is 14.0. The van der Waals surface area contributed by atoms with E-state index < -0.39 is 9.84 Å². The molecule has 1 rings (SSSR count). The van der Waals surface area contributed by atoms with Gasteiger partial charge in [-0.2, -0.15) is 0 Å². The van der Waals surface area contributed by atoms with Gasteiger partial charge < -0.3 is 5.32 Å². The topological polar surface area (TPSA) is 46.2 Å². The number of hydrogen-bond acceptors (Lipinski definition) is 3. The summed E-state index contributed by atoms with van der Waals surface area (Å²) in [5.41, 5.74) is 0. The molecule has 1 saturated carbocycles. The molecule has 0 atom stereocenters. The molecule has 0 amide bonds. The molecule has 0 unspecified atom stereocenters. The first-order valence-electron chi connectivity index (χ1n) is 6.47. The van der Waals surface area contributed by atoms with Crippen LogP contribution >= 0.6 is 0 Å². The van der Waals surface area contributed by atoms with E-state index in [0.717, 1.165) is 13.0 Å². The highest BCUT2D eigenvalue weighted by molar-refractivity contribution is 7.91. The Morgan fingerprint density at radius 3 is 2.38 bits per heavy atom. The maximum Gasteiger partial charge on any atom is 0.152 e. The largest absolute Gasteiger partial charge is 0.314 e. The summed E-state index contributed by atoms with van der Waals surface area (Å²) < 4.78 is 23.1. The van der Waals surface area contributed by atoms with Gasteiger partial charge in [0.25, 0.3) is 0 Å². The Hall–Kier alpha value is -0.0900. The van der Waals surface area contributed by atoms with E-state index >= 15 is 0 Å². The van der Waals surface area contributed by atoms with Gasteiger partial charge in [0.15, 0.2) is 9.84 Å². The lowest BCUT2D eigenvalue weighted by Crippen LogP contribution is -2.32. The summed E-state index contributed by atoms with van der Waals surface area (Å²) in [5, 5.41) is 3.23. The Kier molecular flexibility index (Phi) is 5.76. The fraction of sp³-hybridized carbons (Fsp3) is 1.00. The second kappa shape index (κ2) is 6.60. The summed E-state index contributed by atoms with van der Waals surface area (Å²) in [5.74, 6) is 0.324. The summed E-state index contributed by atoms with van der Waals surface area (Å²) in [6.45, 7) is 4.35. The van der Waals surface area contributed by atoms with E-state index in [1.165, 1.54) is 32.1 Å². The molecule has 0 saturated heterocycles. The standard InChI is InChI=1S/C12H25NO2S/c1-11(2)16(14,15)10-6-9-13-12-7-4-3-5-8-12/h11-13H,3-10H2,1-2H3. The minimum absolute atomic E-state index is 0.234. The lowest BCUT2D eigenvalue weighted by atomic mass is 9.95. The van der Waals surface area contributed by atoms with Crippen molar-refractivity contribution in [3.8, 4) is 0 Å². The Balaban J connectivity index is 2.11. The molecule has 0 aliphatic heterocycles. The third kappa shape index (κ3) is 4.83. The SMILES string of the molecule is CC(C)S(=O)(=O)CCCNC1CCCCC1. The van der Waals surface area contributed by atoms with Gasteiger partial charge in [0.2, 0.25) is 0 Å². The Morgan fingerprint density at radius 2 is 1.81 bits per heavy atom. The van der Waals surface area contributed by atoms with Crippen LogP contribution in [0.25, 0.3) is 0 Å². The predicted molar refractivity (Wildman–Crippen MR) is 68.4 cm³/mol. The average molecular weight is 247 g/mol. The molecule has 96 valence electrons. The van der Waals surface area contributed by atoms with E-state index in [0.29, 0.717) is 11.8 Å². The van der Waals surface area contributed by atoms with Crippen molar-refractivity contribution < 1.29 is 8.42 Å². The predicted octanol–water partition coefficient (Wildman–Crippen LogP) is 2.12. The molecule has 1 aliphatic rings. The molecule has 1 fully saturated rings.